The van der Waals surface area contributed by atoms with Crippen LogP contribution < -0.4 is 19.5 Å². The van der Waals surface area contributed by atoms with Crippen molar-refractivity contribution in [2.75, 3.05) is 21.3 Å². The van der Waals surface area contributed by atoms with Gasteiger partial charge in [-0.15, -0.1) is 0 Å². The highest BCUT2D eigenvalue weighted by Crippen LogP contribution is 2.39. The van der Waals surface area contributed by atoms with Crippen LogP contribution in [-0.4, -0.2) is 33.3 Å². The Labute approximate surface area is 138 Å². The van der Waals surface area contributed by atoms with E-state index >= 15 is 0 Å². The van der Waals surface area contributed by atoms with Gasteiger partial charge in [0.25, 0.3) is 0 Å². The van der Waals surface area contributed by atoms with Gasteiger partial charge in [0, 0.05) is 11.6 Å². The Kier molecular flexibility index (Phi) is 6.56. The summed E-state index contributed by atoms with van der Waals surface area (Å²) in [5.41, 5.74) is 0.802. The molecule has 0 heterocycles. The predicted molar refractivity (Wildman–Crippen MR) is 89.4 cm³/mol. The van der Waals surface area contributed by atoms with Gasteiger partial charge in [0.05, 0.1) is 27.8 Å². The lowest BCUT2D eigenvalue weighted by atomic mass is 10.1. The summed E-state index contributed by atoms with van der Waals surface area (Å²) in [4.78, 5) is 12.4. The lowest BCUT2D eigenvalue weighted by Gasteiger charge is -2.18. The molecule has 1 amide bonds. The Hall–Kier alpha value is -1.91. The molecule has 0 bridgehead atoms. The second-order valence-corrected chi connectivity index (χ2v) is 5.93. The molecule has 1 fully saturated rings. The smallest absolute Gasteiger partial charge is 0.224 e. The van der Waals surface area contributed by atoms with Crippen LogP contribution in [0.4, 0.5) is 0 Å². The summed E-state index contributed by atoms with van der Waals surface area (Å²) < 4.78 is 16.1. The van der Waals surface area contributed by atoms with Crippen LogP contribution in [-0.2, 0) is 11.2 Å². The van der Waals surface area contributed by atoms with Gasteiger partial charge in [-0.25, -0.2) is 0 Å². The molecule has 23 heavy (non-hydrogen) atoms. The molecule has 1 aliphatic rings. The maximum absolute atomic E-state index is 12.4. The summed E-state index contributed by atoms with van der Waals surface area (Å²) in [6.45, 7) is 0. The van der Waals surface area contributed by atoms with Crippen molar-refractivity contribution >= 4 is 5.91 Å². The van der Waals surface area contributed by atoms with Crippen LogP contribution in [0.1, 0.15) is 44.1 Å². The van der Waals surface area contributed by atoms with Crippen LogP contribution in [0, 0.1) is 0 Å². The number of amides is 1. The number of hydrogen-bond acceptors (Lipinski definition) is 4. The maximum atomic E-state index is 12.4. The molecule has 2 rings (SSSR count). The molecule has 1 saturated carbocycles. The lowest BCUT2D eigenvalue weighted by molar-refractivity contribution is -0.121. The topological polar surface area (TPSA) is 56.8 Å². The van der Waals surface area contributed by atoms with Crippen LogP contribution in [0.15, 0.2) is 12.1 Å². The third-order valence-electron chi connectivity index (χ3n) is 4.36. The zero-order chi connectivity index (χ0) is 16.7. The van der Waals surface area contributed by atoms with E-state index in [1.54, 1.807) is 27.4 Å². The highest BCUT2D eigenvalue weighted by atomic mass is 16.5. The maximum Gasteiger partial charge on any atom is 0.224 e. The van der Waals surface area contributed by atoms with Gasteiger partial charge in [-0.1, -0.05) is 31.7 Å². The first-order valence-corrected chi connectivity index (χ1v) is 8.26. The molecule has 5 nitrogen and oxygen atoms in total. The highest BCUT2D eigenvalue weighted by Gasteiger charge is 2.20. The average Bonchev–Trinajstić information content (AvgIpc) is 2.82. The van der Waals surface area contributed by atoms with Crippen LogP contribution in [0.3, 0.4) is 0 Å². The molecule has 5 heteroatoms. The molecule has 0 aliphatic heterocycles. The molecule has 1 aromatic rings. The Morgan fingerprint density at radius 2 is 1.65 bits per heavy atom. The van der Waals surface area contributed by atoms with E-state index in [9.17, 15) is 4.79 Å². The van der Waals surface area contributed by atoms with E-state index in [1.165, 1.54) is 25.7 Å². The Morgan fingerprint density at radius 3 is 2.22 bits per heavy atom. The second kappa shape index (κ2) is 8.65. The molecule has 1 N–H and O–H groups in total. The van der Waals surface area contributed by atoms with E-state index in [0.717, 1.165) is 18.4 Å². The van der Waals surface area contributed by atoms with Crippen LogP contribution >= 0.6 is 0 Å². The van der Waals surface area contributed by atoms with Crippen molar-refractivity contribution in [3.63, 3.8) is 0 Å². The summed E-state index contributed by atoms with van der Waals surface area (Å²) in [7, 11) is 4.72. The number of nitrogens with one attached hydrogen (secondary N) is 1. The van der Waals surface area contributed by atoms with E-state index in [0.29, 0.717) is 23.3 Å². The Morgan fingerprint density at radius 1 is 1.00 bits per heavy atom. The molecule has 0 unspecified atom stereocenters. The number of carbonyl (C=O) groups is 1. The lowest BCUT2D eigenvalue weighted by Crippen LogP contribution is -2.35. The Bertz CT molecular complexity index is 522. The van der Waals surface area contributed by atoms with E-state index in [4.69, 9.17) is 14.2 Å². The SMILES string of the molecule is COc1ccc(CC(=O)NC2CCCCCC2)c(OC)c1OC. The van der Waals surface area contributed by atoms with Crippen molar-refractivity contribution in [3.05, 3.63) is 17.7 Å². The van der Waals surface area contributed by atoms with Gasteiger partial charge in [0.15, 0.2) is 11.5 Å². The first kappa shape index (κ1) is 17.4. The van der Waals surface area contributed by atoms with Crippen molar-refractivity contribution in [2.45, 2.75) is 51.0 Å². The van der Waals surface area contributed by atoms with Gasteiger partial charge >= 0.3 is 0 Å². The molecule has 1 aromatic carbocycles. The van der Waals surface area contributed by atoms with Gasteiger partial charge in [0.2, 0.25) is 11.7 Å². The quantitative estimate of drug-likeness (QED) is 0.818. The monoisotopic (exact) mass is 321 g/mol. The number of methoxy groups -OCH3 is 3. The number of hydrogen-bond donors (Lipinski definition) is 1. The summed E-state index contributed by atoms with van der Waals surface area (Å²) in [6, 6.07) is 3.96. The zero-order valence-electron chi connectivity index (χ0n) is 14.3. The Balaban J connectivity index is 2.07. The fourth-order valence-corrected chi connectivity index (χ4v) is 3.18. The van der Waals surface area contributed by atoms with E-state index < -0.39 is 0 Å². The summed E-state index contributed by atoms with van der Waals surface area (Å²) >= 11 is 0. The molecule has 1 aliphatic carbocycles. The number of ether oxygens (including phenoxy) is 3. The van der Waals surface area contributed by atoms with Crippen molar-refractivity contribution in [1.82, 2.24) is 5.32 Å². The first-order chi connectivity index (χ1) is 11.2. The molecular weight excluding hydrogens is 294 g/mol. The average molecular weight is 321 g/mol. The van der Waals surface area contributed by atoms with Gasteiger partial charge in [-0.2, -0.15) is 0 Å². The number of rotatable bonds is 6. The predicted octanol–water partition coefficient (Wildman–Crippen LogP) is 3.09. The van der Waals surface area contributed by atoms with E-state index in [-0.39, 0.29) is 12.3 Å². The zero-order valence-corrected chi connectivity index (χ0v) is 14.3. The third kappa shape index (κ3) is 4.53. The summed E-state index contributed by atoms with van der Waals surface area (Å²) in [6.07, 6.45) is 7.38. The summed E-state index contributed by atoms with van der Waals surface area (Å²) in [5.74, 6) is 1.71. The van der Waals surface area contributed by atoms with Crippen LogP contribution in [0.5, 0.6) is 17.2 Å². The van der Waals surface area contributed by atoms with Crippen LogP contribution in [0.2, 0.25) is 0 Å². The number of benzene rings is 1. The summed E-state index contributed by atoms with van der Waals surface area (Å²) in [5, 5.41) is 3.16. The van der Waals surface area contributed by atoms with Gasteiger partial charge in [0.1, 0.15) is 0 Å². The first-order valence-electron chi connectivity index (χ1n) is 8.26. The normalized spacial score (nSPS) is 15.6. The molecule has 0 aromatic heterocycles. The fourth-order valence-electron chi connectivity index (χ4n) is 3.18. The minimum absolute atomic E-state index is 0.0300. The molecule has 0 saturated heterocycles. The van der Waals surface area contributed by atoms with E-state index in [1.807, 2.05) is 6.07 Å². The van der Waals surface area contributed by atoms with E-state index in [2.05, 4.69) is 5.32 Å². The molecular formula is C18H27NO4. The van der Waals surface area contributed by atoms with Crippen molar-refractivity contribution in [2.24, 2.45) is 0 Å². The molecule has 0 spiro atoms. The minimum atomic E-state index is 0.0300. The third-order valence-corrected chi connectivity index (χ3v) is 4.36. The van der Waals surface area contributed by atoms with Gasteiger partial charge < -0.3 is 19.5 Å². The largest absolute Gasteiger partial charge is 0.493 e. The minimum Gasteiger partial charge on any atom is -0.493 e. The highest BCUT2D eigenvalue weighted by molar-refractivity contribution is 5.80. The van der Waals surface area contributed by atoms with Crippen molar-refractivity contribution in [3.8, 4) is 17.2 Å². The van der Waals surface area contributed by atoms with Crippen molar-refractivity contribution in [1.29, 1.82) is 0 Å². The van der Waals surface area contributed by atoms with Crippen LogP contribution in [0.25, 0.3) is 0 Å². The van der Waals surface area contributed by atoms with Gasteiger partial charge in [-0.05, 0) is 18.9 Å². The molecule has 128 valence electrons. The number of carbonyl (C=O) groups excluding carboxylic acids is 1. The fraction of sp³-hybridized carbons (Fsp3) is 0.611. The molecule has 0 atom stereocenters. The second-order valence-electron chi connectivity index (χ2n) is 5.93. The molecule has 0 radical (unpaired) electrons. The van der Waals surface area contributed by atoms with Crippen molar-refractivity contribution < 1.29 is 19.0 Å². The standard InChI is InChI=1S/C18H27NO4/c1-21-15-11-10-13(17(22-2)18(15)23-3)12-16(20)19-14-8-6-4-5-7-9-14/h10-11,14H,4-9,12H2,1-3H3,(H,19,20). The van der Waals surface area contributed by atoms with Gasteiger partial charge in [-0.3, -0.25) is 4.79 Å².